The van der Waals surface area contributed by atoms with E-state index in [0.29, 0.717) is 6.67 Å². The second kappa shape index (κ2) is 5.09. The number of nitrogens with one attached hydrogen (secondary N) is 1. The minimum absolute atomic E-state index is 0.230. The second-order valence-corrected chi connectivity index (χ2v) is 2.69. The van der Waals surface area contributed by atoms with Gasteiger partial charge in [0.25, 0.3) is 0 Å². The molecule has 0 bridgehead atoms. The zero-order valence-electron chi connectivity index (χ0n) is 7.55. The maximum atomic E-state index is 10.8. The van der Waals surface area contributed by atoms with Crippen molar-refractivity contribution in [2.75, 3.05) is 27.9 Å². The molecule has 0 aromatic carbocycles. The van der Waals surface area contributed by atoms with E-state index >= 15 is 0 Å². The van der Waals surface area contributed by atoms with E-state index in [-0.39, 0.29) is 12.0 Å². The van der Waals surface area contributed by atoms with Gasteiger partial charge in [-0.05, 0) is 21.0 Å². The van der Waals surface area contributed by atoms with Gasteiger partial charge in [-0.3, -0.25) is 15.0 Å². The van der Waals surface area contributed by atoms with Gasteiger partial charge in [-0.25, -0.2) is 0 Å². The van der Waals surface area contributed by atoms with E-state index in [2.05, 4.69) is 10.1 Å². The maximum absolute atomic E-state index is 10.8. The quantitative estimate of drug-likeness (QED) is 0.451. The summed E-state index contributed by atoms with van der Waals surface area (Å²) in [6, 6.07) is -0.234. The number of hydrogen-bond donors (Lipinski definition) is 1. The molecule has 0 saturated carbocycles. The van der Waals surface area contributed by atoms with Crippen molar-refractivity contribution < 1.29 is 9.53 Å². The highest BCUT2D eigenvalue weighted by Gasteiger charge is 2.10. The average molecular weight is 160 g/mol. The fraction of sp³-hybridized carbons (Fsp3) is 0.857. The summed E-state index contributed by atoms with van der Waals surface area (Å²) in [7, 11) is 5.24. The number of nitrogens with zero attached hydrogens (tertiary/aromatic N) is 1. The first kappa shape index (κ1) is 10.4. The minimum atomic E-state index is -0.234. The SMILES string of the molecule is COC(=O)[C@H](C)NCN(C)C. The highest BCUT2D eigenvalue weighted by atomic mass is 16.5. The van der Waals surface area contributed by atoms with E-state index in [4.69, 9.17) is 0 Å². The summed E-state index contributed by atoms with van der Waals surface area (Å²) in [4.78, 5) is 12.8. The van der Waals surface area contributed by atoms with Crippen molar-refractivity contribution in [1.29, 1.82) is 0 Å². The molecule has 1 N–H and O–H groups in total. The molecule has 0 spiro atoms. The highest BCUT2D eigenvalue weighted by Crippen LogP contribution is 1.84. The van der Waals surface area contributed by atoms with Crippen molar-refractivity contribution in [1.82, 2.24) is 10.2 Å². The Morgan fingerprint density at radius 2 is 2.18 bits per heavy atom. The van der Waals surface area contributed by atoms with Crippen LogP contribution in [0.1, 0.15) is 6.92 Å². The van der Waals surface area contributed by atoms with Gasteiger partial charge in [-0.1, -0.05) is 0 Å². The van der Waals surface area contributed by atoms with Crippen molar-refractivity contribution in [3.63, 3.8) is 0 Å². The van der Waals surface area contributed by atoms with Crippen LogP contribution in [0.15, 0.2) is 0 Å². The van der Waals surface area contributed by atoms with Gasteiger partial charge < -0.3 is 4.74 Å². The summed E-state index contributed by atoms with van der Waals surface area (Å²) >= 11 is 0. The van der Waals surface area contributed by atoms with Crippen LogP contribution in [-0.4, -0.2) is 44.8 Å². The van der Waals surface area contributed by atoms with E-state index in [9.17, 15) is 4.79 Å². The molecule has 0 fully saturated rings. The molecule has 4 heteroatoms. The first-order valence-corrected chi connectivity index (χ1v) is 3.54. The Morgan fingerprint density at radius 3 is 2.55 bits per heavy atom. The van der Waals surface area contributed by atoms with E-state index in [1.165, 1.54) is 7.11 Å². The van der Waals surface area contributed by atoms with Crippen LogP contribution < -0.4 is 5.32 Å². The van der Waals surface area contributed by atoms with Crippen LogP contribution in [0.2, 0.25) is 0 Å². The van der Waals surface area contributed by atoms with Crippen LogP contribution in [0.5, 0.6) is 0 Å². The topological polar surface area (TPSA) is 41.6 Å². The number of hydrogen-bond acceptors (Lipinski definition) is 4. The molecule has 0 rings (SSSR count). The molecule has 0 aliphatic heterocycles. The normalized spacial score (nSPS) is 13.2. The van der Waals surface area contributed by atoms with Crippen LogP contribution >= 0.6 is 0 Å². The predicted molar refractivity (Wildman–Crippen MR) is 43.2 cm³/mol. The molecule has 1 atom stereocenters. The monoisotopic (exact) mass is 160 g/mol. The lowest BCUT2D eigenvalue weighted by molar-refractivity contribution is -0.142. The fourth-order valence-electron chi connectivity index (χ4n) is 0.580. The summed E-state index contributed by atoms with van der Waals surface area (Å²) in [5.74, 6) is -0.230. The lowest BCUT2D eigenvalue weighted by Crippen LogP contribution is -2.40. The van der Waals surface area contributed by atoms with Gasteiger partial charge in [0, 0.05) is 6.67 Å². The smallest absolute Gasteiger partial charge is 0.322 e. The number of methoxy groups -OCH3 is 1. The maximum Gasteiger partial charge on any atom is 0.322 e. The number of rotatable bonds is 4. The molecule has 0 saturated heterocycles. The van der Waals surface area contributed by atoms with E-state index in [1.54, 1.807) is 6.92 Å². The Kier molecular flexibility index (Phi) is 4.81. The van der Waals surface area contributed by atoms with Crippen molar-refractivity contribution >= 4 is 5.97 Å². The molecule has 0 heterocycles. The lowest BCUT2D eigenvalue weighted by Gasteiger charge is -2.15. The largest absolute Gasteiger partial charge is 0.468 e. The Hall–Kier alpha value is -0.610. The average Bonchev–Trinajstić information content (AvgIpc) is 1.98. The van der Waals surface area contributed by atoms with Crippen molar-refractivity contribution in [3.05, 3.63) is 0 Å². The molecular formula is C7H16N2O2. The molecule has 0 radical (unpaired) electrons. The third-order valence-corrected chi connectivity index (χ3v) is 1.27. The summed E-state index contributed by atoms with van der Waals surface area (Å²) in [5, 5.41) is 2.98. The summed E-state index contributed by atoms with van der Waals surface area (Å²) in [5.41, 5.74) is 0. The van der Waals surface area contributed by atoms with Gasteiger partial charge in [-0.15, -0.1) is 0 Å². The van der Waals surface area contributed by atoms with Crippen LogP contribution in [0, 0.1) is 0 Å². The zero-order chi connectivity index (χ0) is 8.85. The predicted octanol–water partition coefficient (Wildman–Crippen LogP) is -0.343. The van der Waals surface area contributed by atoms with Crippen LogP contribution in [0.4, 0.5) is 0 Å². The lowest BCUT2D eigenvalue weighted by atomic mass is 10.3. The number of ether oxygens (including phenoxy) is 1. The van der Waals surface area contributed by atoms with Gasteiger partial charge in [0.15, 0.2) is 0 Å². The molecule has 11 heavy (non-hydrogen) atoms. The molecular weight excluding hydrogens is 144 g/mol. The molecule has 0 aliphatic carbocycles. The van der Waals surface area contributed by atoms with Gasteiger partial charge in [0.1, 0.15) is 6.04 Å². The molecule has 66 valence electrons. The summed E-state index contributed by atoms with van der Waals surface area (Å²) in [6.07, 6.45) is 0. The fourth-order valence-corrected chi connectivity index (χ4v) is 0.580. The standard InChI is InChI=1S/C7H16N2O2/c1-6(7(10)11-4)8-5-9(2)3/h6,8H,5H2,1-4H3/t6-/m0/s1. The number of carbonyl (C=O) groups is 1. The molecule has 0 unspecified atom stereocenters. The van der Waals surface area contributed by atoms with Crippen molar-refractivity contribution in [2.24, 2.45) is 0 Å². The van der Waals surface area contributed by atoms with Crippen molar-refractivity contribution in [2.45, 2.75) is 13.0 Å². The first-order valence-electron chi connectivity index (χ1n) is 3.54. The van der Waals surface area contributed by atoms with Gasteiger partial charge in [0.05, 0.1) is 7.11 Å². The Morgan fingerprint density at radius 1 is 1.64 bits per heavy atom. The summed E-state index contributed by atoms with van der Waals surface area (Å²) in [6.45, 7) is 2.45. The number of esters is 1. The molecule has 0 aliphatic rings. The summed E-state index contributed by atoms with van der Waals surface area (Å²) < 4.78 is 4.52. The molecule has 4 nitrogen and oxygen atoms in total. The Balaban J connectivity index is 3.52. The Labute approximate surface area is 67.5 Å². The minimum Gasteiger partial charge on any atom is -0.468 e. The molecule has 0 aromatic rings. The van der Waals surface area contributed by atoms with E-state index in [0.717, 1.165) is 0 Å². The van der Waals surface area contributed by atoms with Gasteiger partial charge in [0.2, 0.25) is 0 Å². The highest BCUT2D eigenvalue weighted by molar-refractivity contribution is 5.74. The van der Waals surface area contributed by atoms with Crippen LogP contribution in [-0.2, 0) is 9.53 Å². The van der Waals surface area contributed by atoms with Crippen molar-refractivity contribution in [3.8, 4) is 0 Å². The van der Waals surface area contributed by atoms with Gasteiger partial charge >= 0.3 is 5.97 Å². The van der Waals surface area contributed by atoms with E-state index in [1.807, 2.05) is 19.0 Å². The third kappa shape index (κ3) is 4.75. The Bertz CT molecular complexity index is 126. The van der Waals surface area contributed by atoms with Crippen LogP contribution in [0.25, 0.3) is 0 Å². The first-order chi connectivity index (χ1) is 5.07. The second-order valence-electron chi connectivity index (χ2n) is 2.69. The third-order valence-electron chi connectivity index (χ3n) is 1.27. The van der Waals surface area contributed by atoms with Gasteiger partial charge in [-0.2, -0.15) is 0 Å². The molecule has 0 aromatic heterocycles. The zero-order valence-corrected chi connectivity index (χ0v) is 7.55. The van der Waals surface area contributed by atoms with E-state index < -0.39 is 0 Å². The van der Waals surface area contributed by atoms with Crippen LogP contribution in [0.3, 0.4) is 0 Å². The number of carbonyl (C=O) groups excluding carboxylic acids is 1. The molecule has 0 amide bonds.